The molecule has 1 aromatic rings. The maximum atomic E-state index is 5.49. The van der Waals surface area contributed by atoms with Crippen LogP contribution in [-0.4, -0.2) is 13.4 Å². The minimum atomic E-state index is -0.212. The van der Waals surface area contributed by atoms with Crippen LogP contribution in [0.4, 0.5) is 0 Å². The summed E-state index contributed by atoms with van der Waals surface area (Å²) in [5, 5.41) is 0. The molecule has 0 aliphatic heterocycles. The van der Waals surface area contributed by atoms with Crippen molar-refractivity contribution in [2.75, 3.05) is 7.11 Å². The Morgan fingerprint density at radius 1 is 1.36 bits per heavy atom. The molecule has 0 spiro atoms. The van der Waals surface area contributed by atoms with E-state index in [-0.39, 0.29) is 6.29 Å². The van der Waals surface area contributed by atoms with Crippen molar-refractivity contribution in [2.45, 2.75) is 20.1 Å². The van der Waals surface area contributed by atoms with Crippen LogP contribution in [0, 0.1) is 0 Å². The van der Waals surface area contributed by atoms with Crippen LogP contribution < -0.4 is 4.74 Å². The summed E-state index contributed by atoms with van der Waals surface area (Å²) in [5.74, 6) is 0.829. The van der Waals surface area contributed by atoms with Gasteiger partial charge in [0, 0.05) is 7.11 Å². The van der Waals surface area contributed by atoms with Gasteiger partial charge in [-0.05, 0) is 31.5 Å². The predicted molar refractivity (Wildman–Crippen MR) is 58.2 cm³/mol. The number of rotatable bonds is 4. The molecule has 14 heavy (non-hydrogen) atoms. The van der Waals surface area contributed by atoms with E-state index in [1.807, 2.05) is 50.3 Å². The minimum Gasteiger partial charge on any atom is -0.465 e. The summed E-state index contributed by atoms with van der Waals surface area (Å²) < 4.78 is 10.5. The molecule has 1 aromatic carbocycles. The monoisotopic (exact) mass is 192 g/mol. The van der Waals surface area contributed by atoms with Crippen molar-refractivity contribution < 1.29 is 9.47 Å². The Morgan fingerprint density at radius 3 is 2.79 bits per heavy atom. The first-order valence-electron chi connectivity index (χ1n) is 4.68. The fourth-order valence-electron chi connectivity index (χ4n) is 1.12. The zero-order chi connectivity index (χ0) is 10.4. The van der Waals surface area contributed by atoms with E-state index in [4.69, 9.17) is 9.47 Å². The van der Waals surface area contributed by atoms with Gasteiger partial charge in [-0.1, -0.05) is 24.3 Å². The Kier molecular flexibility index (Phi) is 4.20. The molecule has 0 aromatic heterocycles. The molecule has 0 saturated heterocycles. The predicted octanol–water partition coefficient (Wildman–Crippen LogP) is 3.09. The quantitative estimate of drug-likeness (QED) is 0.682. The Morgan fingerprint density at radius 2 is 2.14 bits per heavy atom. The Labute approximate surface area is 85.2 Å². The van der Waals surface area contributed by atoms with Gasteiger partial charge in [0.05, 0.1) is 0 Å². The average molecular weight is 192 g/mol. The Bertz CT molecular complexity index is 305. The number of hydrogen-bond acceptors (Lipinski definition) is 2. The van der Waals surface area contributed by atoms with Crippen LogP contribution in [0.3, 0.4) is 0 Å². The molecule has 1 unspecified atom stereocenters. The highest BCUT2D eigenvalue weighted by Gasteiger charge is 2.00. The van der Waals surface area contributed by atoms with E-state index < -0.39 is 0 Å². The van der Waals surface area contributed by atoms with Crippen molar-refractivity contribution in [3.8, 4) is 5.75 Å². The lowest BCUT2D eigenvalue weighted by molar-refractivity contribution is -0.0382. The molecule has 0 saturated carbocycles. The van der Waals surface area contributed by atoms with Crippen molar-refractivity contribution in [1.82, 2.24) is 0 Å². The van der Waals surface area contributed by atoms with Crippen molar-refractivity contribution in [3.63, 3.8) is 0 Å². The lowest BCUT2D eigenvalue weighted by Gasteiger charge is -2.12. The Hall–Kier alpha value is -1.28. The Balaban J connectivity index is 2.73. The van der Waals surface area contributed by atoms with Gasteiger partial charge in [0.1, 0.15) is 5.75 Å². The molecule has 0 aliphatic rings. The molecule has 1 atom stereocenters. The van der Waals surface area contributed by atoms with E-state index in [2.05, 4.69) is 0 Å². The maximum absolute atomic E-state index is 5.49. The van der Waals surface area contributed by atoms with Gasteiger partial charge in [-0.3, -0.25) is 0 Å². The highest BCUT2D eigenvalue weighted by atomic mass is 16.7. The second-order valence-corrected chi connectivity index (χ2v) is 2.99. The summed E-state index contributed by atoms with van der Waals surface area (Å²) in [5.41, 5.74) is 1.13. The van der Waals surface area contributed by atoms with Crippen molar-refractivity contribution in [1.29, 1.82) is 0 Å². The summed E-state index contributed by atoms with van der Waals surface area (Å²) in [4.78, 5) is 0. The average Bonchev–Trinajstić information content (AvgIpc) is 2.19. The summed E-state index contributed by atoms with van der Waals surface area (Å²) in [6.07, 6.45) is 3.82. The van der Waals surface area contributed by atoms with Gasteiger partial charge in [-0.2, -0.15) is 0 Å². The molecule has 1 rings (SSSR count). The number of allylic oxidation sites excluding steroid dienone is 1. The zero-order valence-corrected chi connectivity index (χ0v) is 8.86. The molecule has 0 aliphatic carbocycles. The SMILES string of the molecule is CC=Cc1cccc(OC(C)OC)c1. The van der Waals surface area contributed by atoms with Crippen LogP contribution in [0.15, 0.2) is 30.3 Å². The zero-order valence-electron chi connectivity index (χ0n) is 8.86. The maximum Gasteiger partial charge on any atom is 0.196 e. The first kappa shape index (κ1) is 10.8. The van der Waals surface area contributed by atoms with E-state index >= 15 is 0 Å². The van der Waals surface area contributed by atoms with Crippen molar-refractivity contribution in [3.05, 3.63) is 35.9 Å². The van der Waals surface area contributed by atoms with Gasteiger partial charge >= 0.3 is 0 Å². The summed E-state index contributed by atoms with van der Waals surface area (Å²) >= 11 is 0. The molecule has 0 amide bonds. The van der Waals surface area contributed by atoms with Crippen LogP contribution in [0.5, 0.6) is 5.75 Å². The first-order chi connectivity index (χ1) is 6.76. The van der Waals surface area contributed by atoms with Crippen LogP contribution in [0.25, 0.3) is 6.08 Å². The summed E-state index contributed by atoms with van der Waals surface area (Å²) in [6.45, 7) is 3.85. The van der Waals surface area contributed by atoms with Crippen molar-refractivity contribution in [2.24, 2.45) is 0 Å². The molecule has 2 heteroatoms. The minimum absolute atomic E-state index is 0.212. The van der Waals surface area contributed by atoms with Crippen molar-refractivity contribution >= 4 is 6.08 Å². The van der Waals surface area contributed by atoms with E-state index in [0.29, 0.717) is 0 Å². The fraction of sp³-hybridized carbons (Fsp3) is 0.333. The molecule has 0 fully saturated rings. The third-order valence-corrected chi connectivity index (χ3v) is 1.85. The van der Waals surface area contributed by atoms with Gasteiger partial charge in [0.15, 0.2) is 6.29 Å². The summed E-state index contributed by atoms with van der Waals surface area (Å²) in [6, 6.07) is 7.90. The third kappa shape index (κ3) is 3.23. The van der Waals surface area contributed by atoms with Crippen LogP contribution in [0.2, 0.25) is 0 Å². The molecule has 0 heterocycles. The van der Waals surface area contributed by atoms with Gasteiger partial charge in [0.2, 0.25) is 0 Å². The number of ether oxygens (including phenoxy) is 2. The van der Waals surface area contributed by atoms with Crippen LogP contribution in [0.1, 0.15) is 19.4 Å². The van der Waals surface area contributed by atoms with Gasteiger partial charge in [-0.25, -0.2) is 0 Å². The molecule has 0 radical (unpaired) electrons. The molecule has 76 valence electrons. The van der Waals surface area contributed by atoms with Crippen LogP contribution >= 0.6 is 0 Å². The summed E-state index contributed by atoms with van der Waals surface area (Å²) in [7, 11) is 1.63. The fourth-order valence-corrected chi connectivity index (χ4v) is 1.12. The smallest absolute Gasteiger partial charge is 0.196 e. The highest BCUT2D eigenvalue weighted by molar-refractivity contribution is 5.51. The molecular formula is C12H16O2. The van der Waals surface area contributed by atoms with E-state index in [0.717, 1.165) is 11.3 Å². The normalized spacial score (nSPS) is 13.1. The van der Waals surface area contributed by atoms with Gasteiger partial charge < -0.3 is 9.47 Å². The van der Waals surface area contributed by atoms with E-state index in [9.17, 15) is 0 Å². The lowest BCUT2D eigenvalue weighted by Crippen LogP contribution is -2.13. The third-order valence-electron chi connectivity index (χ3n) is 1.85. The standard InChI is InChI=1S/C12H16O2/c1-4-6-11-7-5-8-12(9-11)14-10(2)13-3/h4-10H,1-3H3. The highest BCUT2D eigenvalue weighted by Crippen LogP contribution is 2.15. The molecular weight excluding hydrogens is 176 g/mol. The van der Waals surface area contributed by atoms with Crippen LogP contribution in [-0.2, 0) is 4.74 Å². The molecule has 2 nitrogen and oxygen atoms in total. The number of hydrogen-bond donors (Lipinski definition) is 0. The topological polar surface area (TPSA) is 18.5 Å². The number of benzene rings is 1. The van der Waals surface area contributed by atoms with E-state index in [1.165, 1.54) is 0 Å². The second-order valence-electron chi connectivity index (χ2n) is 2.99. The second kappa shape index (κ2) is 5.45. The van der Waals surface area contributed by atoms with Gasteiger partial charge in [0.25, 0.3) is 0 Å². The molecule has 0 N–H and O–H groups in total. The van der Waals surface area contributed by atoms with E-state index in [1.54, 1.807) is 7.11 Å². The molecule has 0 bridgehead atoms. The van der Waals surface area contributed by atoms with Gasteiger partial charge in [-0.15, -0.1) is 0 Å². The largest absolute Gasteiger partial charge is 0.465 e. The lowest BCUT2D eigenvalue weighted by atomic mass is 10.2. The number of methoxy groups -OCH3 is 1. The first-order valence-corrected chi connectivity index (χ1v) is 4.68.